The summed E-state index contributed by atoms with van der Waals surface area (Å²) < 4.78 is 21.4. The number of allylic oxidation sites excluding steroid dienone is 2. The second kappa shape index (κ2) is 13.1. The van der Waals surface area contributed by atoms with Gasteiger partial charge in [0.05, 0.1) is 13.1 Å². The highest BCUT2D eigenvalue weighted by atomic mass is 16.6. The van der Waals surface area contributed by atoms with Crippen LogP contribution >= 0.6 is 0 Å². The molecule has 0 heterocycles. The summed E-state index contributed by atoms with van der Waals surface area (Å²) in [7, 11) is 0. The standard InChI is InChI=1S/C28H30N2O8/c1-17(2)25(31)35-15-13-29-27(33)37-23-19-9-5-7-11-21(19)24(22-12-8-6-10-20(22)23)38-28(34)30-14-16-36-26(32)18(3)4/h5-9,11H,1,3,10,12-16H2,2,4H3,(H,29,33)(H,30,34). The number of rotatable bonds is 10. The van der Waals surface area contributed by atoms with Gasteiger partial charge in [0.15, 0.2) is 0 Å². The fourth-order valence-corrected chi connectivity index (χ4v) is 3.64. The summed E-state index contributed by atoms with van der Waals surface area (Å²) in [5, 5.41) is 6.30. The van der Waals surface area contributed by atoms with Crippen molar-refractivity contribution in [3.8, 4) is 11.5 Å². The maximum atomic E-state index is 12.6. The molecule has 0 aliphatic heterocycles. The molecular formula is C28H30N2O8. The van der Waals surface area contributed by atoms with Crippen LogP contribution in [0.25, 0.3) is 10.8 Å². The summed E-state index contributed by atoms with van der Waals surface area (Å²) in [5.41, 5.74) is 1.96. The van der Waals surface area contributed by atoms with Crippen LogP contribution in [0.5, 0.6) is 11.5 Å². The third-order valence-corrected chi connectivity index (χ3v) is 5.43. The van der Waals surface area contributed by atoms with E-state index in [4.69, 9.17) is 18.9 Å². The highest BCUT2D eigenvalue weighted by Gasteiger charge is 2.25. The molecule has 2 amide bonds. The molecule has 3 rings (SSSR count). The average molecular weight is 523 g/mol. The molecule has 0 unspecified atom stereocenters. The molecule has 0 bridgehead atoms. The summed E-state index contributed by atoms with van der Waals surface area (Å²) in [6, 6.07) is 7.12. The Morgan fingerprint density at radius 3 is 1.50 bits per heavy atom. The zero-order valence-electron chi connectivity index (χ0n) is 21.4. The third kappa shape index (κ3) is 7.22. The van der Waals surface area contributed by atoms with Crippen molar-refractivity contribution in [2.75, 3.05) is 26.3 Å². The Bertz CT molecular complexity index is 1210. The van der Waals surface area contributed by atoms with Gasteiger partial charge in [-0.1, -0.05) is 49.6 Å². The van der Waals surface area contributed by atoms with Crippen molar-refractivity contribution < 1.29 is 38.1 Å². The van der Waals surface area contributed by atoms with E-state index in [1.807, 2.05) is 12.2 Å². The van der Waals surface area contributed by atoms with E-state index in [2.05, 4.69) is 23.8 Å². The number of benzene rings is 2. The van der Waals surface area contributed by atoms with E-state index >= 15 is 0 Å². The Labute approximate surface area is 220 Å². The van der Waals surface area contributed by atoms with E-state index in [-0.39, 0.29) is 37.4 Å². The second-order valence-electron chi connectivity index (χ2n) is 8.51. The second-order valence-corrected chi connectivity index (χ2v) is 8.51. The smallest absolute Gasteiger partial charge is 0.412 e. The van der Waals surface area contributed by atoms with Crippen LogP contribution in [0.15, 0.2) is 60.7 Å². The SMILES string of the molecule is C=C(C)C(=O)OCCNC(=O)Oc1c2c(c(OC(=O)NCCOC(=O)C(=C)C)c3ccccc13)CC=CC2. The first-order chi connectivity index (χ1) is 18.2. The van der Waals surface area contributed by atoms with Gasteiger partial charge in [0.1, 0.15) is 24.7 Å². The van der Waals surface area contributed by atoms with E-state index in [0.29, 0.717) is 46.2 Å². The molecule has 10 nitrogen and oxygen atoms in total. The van der Waals surface area contributed by atoms with Crippen molar-refractivity contribution >= 4 is 34.9 Å². The van der Waals surface area contributed by atoms with Gasteiger partial charge < -0.3 is 29.6 Å². The number of nitrogens with one attached hydrogen (secondary N) is 2. The van der Waals surface area contributed by atoms with Crippen molar-refractivity contribution in [1.82, 2.24) is 10.6 Å². The molecule has 2 aromatic rings. The molecule has 0 saturated heterocycles. The molecule has 0 fully saturated rings. The maximum absolute atomic E-state index is 12.6. The minimum absolute atomic E-state index is 0.0311. The monoisotopic (exact) mass is 522 g/mol. The number of hydrogen-bond acceptors (Lipinski definition) is 8. The summed E-state index contributed by atoms with van der Waals surface area (Å²) >= 11 is 0. The number of carbonyl (C=O) groups excluding carboxylic acids is 4. The Morgan fingerprint density at radius 2 is 1.13 bits per heavy atom. The molecule has 1 aliphatic carbocycles. The maximum Gasteiger partial charge on any atom is 0.412 e. The minimum atomic E-state index is -0.714. The van der Waals surface area contributed by atoms with Gasteiger partial charge in [-0.3, -0.25) is 0 Å². The Morgan fingerprint density at radius 1 is 0.737 bits per heavy atom. The lowest BCUT2D eigenvalue weighted by Crippen LogP contribution is -2.32. The van der Waals surface area contributed by atoms with E-state index in [9.17, 15) is 19.2 Å². The summed E-state index contributed by atoms with van der Waals surface area (Å²) in [6.45, 7) is 10.1. The van der Waals surface area contributed by atoms with Gasteiger partial charge in [-0.25, -0.2) is 19.2 Å². The van der Waals surface area contributed by atoms with Crippen molar-refractivity contribution in [2.24, 2.45) is 0 Å². The zero-order valence-corrected chi connectivity index (χ0v) is 21.4. The molecule has 2 N–H and O–H groups in total. The first kappa shape index (κ1) is 28.0. The topological polar surface area (TPSA) is 129 Å². The van der Waals surface area contributed by atoms with Crippen LogP contribution in [0, 0.1) is 0 Å². The van der Waals surface area contributed by atoms with Crippen molar-refractivity contribution in [3.05, 3.63) is 71.8 Å². The first-order valence-corrected chi connectivity index (χ1v) is 12.0. The lowest BCUT2D eigenvalue weighted by molar-refractivity contribution is -0.139. The molecule has 0 atom stereocenters. The summed E-state index contributed by atoms with van der Waals surface area (Å²) in [4.78, 5) is 48.1. The molecule has 0 spiro atoms. The van der Waals surface area contributed by atoms with E-state index in [0.717, 1.165) is 0 Å². The third-order valence-electron chi connectivity index (χ3n) is 5.43. The number of amides is 2. The molecule has 0 radical (unpaired) electrons. The predicted octanol–water partition coefficient (Wildman–Crippen LogP) is 3.91. The van der Waals surface area contributed by atoms with Crippen molar-refractivity contribution in [3.63, 3.8) is 0 Å². The van der Waals surface area contributed by atoms with Gasteiger partial charge in [0, 0.05) is 33.0 Å². The largest absolute Gasteiger partial charge is 0.460 e. The fourth-order valence-electron chi connectivity index (χ4n) is 3.64. The number of carbonyl (C=O) groups is 4. The molecule has 200 valence electrons. The molecule has 10 heteroatoms. The lowest BCUT2D eigenvalue weighted by Gasteiger charge is -2.22. The number of fused-ring (bicyclic) bond motifs is 2. The molecule has 0 saturated carbocycles. The van der Waals surface area contributed by atoms with Gasteiger partial charge in [0.2, 0.25) is 0 Å². The highest BCUT2D eigenvalue weighted by molar-refractivity contribution is 5.99. The molecule has 38 heavy (non-hydrogen) atoms. The molecule has 2 aromatic carbocycles. The average Bonchev–Trinajstić information content (AvgIpc) is 2.90. The van der Waals surface area contributed by atoms with Gasteiger partial charge in [-0.2, -0.15) is 0 Å². The highest BCUT2D eigenvalue weighted by Crippen LogP contribution is 2.43. The van der Waals surface area contributed by atoms with Crippen LogP contribution in [0.3, 0.4) is 0 Å². The van der Waals surface area contributed by atoms with Crippen molar-refractivity contribution in [1.29, 1.82) is 0 Å². The molecule has 0 aromatic heterocycles. The van der Waals surface area contributed by atoms with E-state index in [1.165, 1.54) is 13.8 Å². The Kier molecular flexibility index (Phi) is 9.64. The van der Waals surface area contributed by atoms with Crippen LogP contribution in [-0.4, -0.2) is 50.4 Å². The van der Waals surface area contributed by atoms with Gasteiger partial charge >= 0.3 is 24.1 Å². The fraction of sp³-hybridized carbons (Fsp3) is 0.286. The lowest BCUT2D eigenvalue weighted by atomic mass is 9.90. The van der Waals surface area contributed by atoms with Crippen molar-refractivity contribution in [2.45, 2.75) is 26.7 Å². The van der Waals surface area contributed by atoms with Crippen LogP contribution < -0.4 is 20.1 Å². The zero-order chi connectivity index (χ0) is 27.7. The van der Waals surface area contributed by atoms with Gasteiger partial charge in [-0.05, 0) is 26.7 Å². The number of ether oxygens (including phenoxy) is 4. The van der Waals surface area contributed by atoms with E-state index in [1.54, 1.807) is 24.3 Å². The normalized spacial score (nSPS) is 11.6. The van der Waals surface area contributed by atoms with Crippen LogP contribution in [0.2, 0.25) is 0 Å². The number of esters is 2. The predicted molar refractivity (Wildman–Crippen MR) is 140 cm³/mol. The van der Waals surface area contributed by atoms with E-state index < -0.39 is 24.1 Å². The Balaban J connectivity index is 1.75. The van der Waals surface area contributed by atoms with Crippen LogP contribution in [-0.2, 0) is 31.9 Å². The first-order valence-electron chi connectivity index (χ1n) is 12.0. The molecular weight excluding hydrogens is 492 g/mol. The molecule has 1 aliphatic rings. The van der Waals surface area contributed by atoms with Gasteiger partial charge in [0.25, 0.3) is 0 Å². The van der Waals surface area contributed by atoms with Crippen LogP contribution in [0.4, 0.5) is 9.59 Å². The summed E-state index contributed by atoms with van der Waals surface area (Å²) in [6.07, 6.45) is 3.39. The Hall–Kier alpha value is -4.60. The van der Waals surface area contributed by atoms with Crippen LogP contribution in [0.1, 0.15) is 25.0 Å². The minimum Gasteiger partial charge on any atom is -0.460 e. The van der Waals surface area contributed by atoms with Gasteiger partial charge in [-0.15, -0.1) is 0 Å². The number of hydrogen-bond donors (Lipinski definition) is 2. The summed E-state index contributed by atoms with van der Waals surface area (Å²) in [5.74, 6) is -0.370. The quantitative estimate of drug-likeness (QED) is 0.208.